The van der Waals surface area contributed by atoms with Crippen LogP contribution in [-0.4, -0.2) is 11.9 Å². The molecule has 2 aromatic carbocycles. The number of hydrogen-bond donors (Lipinski definition) is 0. The molecule has 0 aliphatic carbocycles. The molecule has 2 aromatic rings. The highest BCUT2D eigenvalue weighted by molar-refractivity contribution is 6.14. The van der Waals surface area contributed by atoms with Crippen LogP contribution in [0.15, 0.2) is 42.5 Å². The average Bonchev–Trinajstić information content (AvgIpc) is 2.75. The molecule has 0 atom stereocenters. The van der Waals surface area contributed by atoms with Gasteiger partial charge in [0.1, 0.15) is 11.5 Å². The number of ether oxygens (including phenoxy) is 2. The first-order valence-electron chi connectivity index (χ1n) is 5.82. The third-order valence-electron chi connectivity index (χ3n) is 2.87. The van der Waals surface area contributed by atoms with Gasteiger partial charge in [-0.1, -0.05) is 5.92 Å². The van der Waals surface area contributed by atoms with Crippen molar-refractivity contribution in [2.75, 3.05) is 0 Å². The number of hydrogen-bond acceptors (Lipinski definition) is 4. The Kier molecular flexibility index (Phi) is 2.73. The van der Waals surface area contributed by atoms with Gasteiger partial charge in [0.15, 0.2) is 0 Å². The zero-order valence-corrected chi connectivity index (χ0v) is 10.3. The molecular formula is C16H8O4. The molecule has 1 aliphatic rings. The van der Waals surface area contributed by atoms with Crippen molar-refractivity contribution in [3.05, 3.63) is 59.2 Å². The first-order chi connectivity index (χ1) is 9.67. The lowest BCUT2D eigenvalue weighted by Crippen LogP contribution is -1.96. The fraction of sp³-hybridized carbons (Fsp3) is 0. The summed E-state index contributed by atoms with van der Waals surface area (Å²) >= 11 is 0. The molecule has 0 unspecified atom stereocenters. The van der Waals surface area contributed by atoms with Gasteiger partial charge >= 0.3 is 11.9 Å². The smallest absolute Gasteiger partial charge is 0.347 e. The number of fused-ring (bicyclic) bond motifs is 1. The van der Waals surface area contributed by atoms with Gasteiger partial charge in [-0.3, -0.25) is 0 Å². The molecule has 0 fully saturated rings. The highest BCUT2D eigenvalue weighted by Gasteiger charge is 2.29. The third kappa shape index (κ3) is 2.02. The average molecular weight is 264 g/mol. The first-order valence-corrected chi connectivity index (χ1v) is 5.82. The van der Waals surface area contributed by atoms with Gasteiger partial charge < -0.3 is 9.47 Å². The van der Waals surface area contributed by atoms with Crippen molar-refractivity contribution < 1.29 is 19.1 Å². The molecular weight excluding hydrogens is 256 g/mol. The molecule has 1 aliphatic heterocycles. The number of rotatable bonds is 2. The van der Waals surface area contributed by atoms with Crippen molar-refractivity contribution >= 4 is 11.9 Å². The van der Waals surface area contributed by atoms with E-state index >= 15 is 0 Å². The fourth-order valence-electron chi connectivity index (χ4n) is 1.88. The molecule has 0 aromatic heterocycles. The standard InChI is InChI=1S/C16H8O4/c1-2-10-3-5-11(6-4-10)19-12-7-8-13-14(9-12)16(18)20-15(13)17/h1,3-9H. The van der Waals surface area contributed by atoms with E-state index in [-0.39, 0.29) is 11.1 Å². The Morgan fingerprint density at radius 1 is 0.900 bits per heavy atom. The Balaban J connectivity index is 1.89. The molecule has 4 nitrogen and oxygen atoms in total. The van der Waals surface area contributed by atoms with Crippen molar-refractivity contribution in [2.45, 2.75) is 0 Å². The fourth-order valence-corrected chi connectivity index (χ4v) is 1.88. The molecule has 0 radical (unpaired) electrons. The van der Waals surface area contributed by atoms with E-state index in [1.807, 2.05) is 0 Å². The zero-order valence-electron chi connectivity index (χ0n) is 10.3. The Morgan fingerprint density at radius 2 is 1.55 bits per heavy atom. The second kappa shape index (κ2) is 4.56. The monoisotopic (exact) mass is 264 g/mol. The summed E-state index contributed by atoms with van der Waals surface area (Å²) in [4.78, 5) is 22.8. The van der Waals surface area contributed by atoms with Crippen LogP contribution in [0.1, 0.15) is 26.3 Å². The molecule has 96 valence electrons. The van der Waals surface area contributed by atoms with Gasteiger partial charge in [-0.25, -0.2) is 9.59 Å². The summed E-state index contributed by atoms with van der Waals surface area (Å²) in [5, 5.41) is 0. The molecule has 0 saturated carbocycles. The van der Waals surface area contributed by atoms with Crippen LogP contribution in [0.25, 0.3) is 0 Å². The van der Waals surface area contributed by atoms with Crippen LogP contribution in [0.5, 0.6) is 11.5 Å². The maximum Gasteiger partial charge on any atom is 0.347 e. The minimum absolute atomic E-state index is 0.216. The summed E-state index contributed by atoms with van der Waals surface area (Å²) in [6.45, 7) is 0. The van der Waals surface area contributed by atoms with Crippen molar-refractivity contribution in [3.63, 3.8) is 0 Å². The Morgan fingerprint density at radius 3 is 2.25 bits per heavy atom. The number of esters is 2. The Bertz CT molecular complexity index is 751. The van der Waals surface area contributed by atoms with Gasteiger partial charge in [-0.2, -0.15) is 0 Å². The third-order valence-corrected chi connectivity index (χ3v) is 2.87. The molecule has 20 heavy (non-hydrogen) atoms. The Hall–Kier alpha value is -3.06. The topological polar surface area (TPSA) is 52.6 Å². The molecule has 0 saturated heterocycles. The van der Waals surface area contributed by atoms with Gasteiger partial charge in [-0.05, 0) is 42.5 Å². The zero-order chi connectivity index (χ0) is 14.1. The van der Waals surface area contributed by atoms with E-state index in [4.69, 9.17) is 11.2 Å². The molecule has 4 heteroatoms. The predicted octanol–water partition coefficient (Wildman–Crippen LogP) is 2.77. The van der Waals surface area contributed by atoms with E-state index < -0.39 is 11.9 Å². The van der Waals surface area contributed by atoms with Crippen molar-refractivity contribution in [2.24, 2.45) is 0 Å². The lowest BCUT2D eigenvalue weighted by Gasteiger charge is -2.06. The van der Waals surface area contributed by atoms with Crippen molar-refractivity contribution in [1.29, 1.82) is 0 Å². The van der Waals surface area contributed by atoms with Crippen LogP contribution < -0.4 is 4.74 Å². The largest absolute Gasteiger partial charge is 0.457 e. The van der Waals surface area contributed by atoms with Crippen molar-refractivity contribution in [1.82, 2.24) is 0 Å². The summed E-state index contributed by atoms with van der Waals surface area (Å²) in [6, 6.07) is 11.6. The summed E-state index contributed by atoms with van der Waals surface area (Å²) < 4.78 is 10.1. The SMILES string of the molecule is C#Cc1ccc(Oc2ccc3c(c2)C(=O)OC3=O)cc1. The number of terminal acetylenes is 1. The van der Waals surface area contributed by atoms with E-state index in [9.17, 15) is 9.59 Å². The summed E-state index contributed by atoms with van der Waals surface area (Å²) in [5.74, 6) is 2.26. The van der Waals surface area contributed by atoms with E-state index in [1.54, 1.807) is 30.3 Å². The molecule has 0 N–H and O–H groups in total. The molecule has 0 bridgehead atoms. The molecule has 1 heterocycles. The number of cyclic esters (lactones) is 2. The maximum atomic E-state index is 11.4. The van der Waals surface area contributed by atoms with E-state index in [0.717, 1.165) is 5.56 Å². The number of carbonyl (C=O) groups excluding carboxylic acids is 2. The van der Waals surface area contributed by atoms with E-state index in [2.05, 4.69) is 10.7 Å². The van der Waals surface area contributed by atoms with E-state index in [0.29, 0.717) is 11.5 Å². The first kappa shape index (κ1) is 12.0. The van der Waals surface area contributed by atoms with Gasteiger partial charge in [-0.15, -0.1) is 6.42 Å². The highest BCUT2D eigenvalue weighted by atomic mass is 16.6. The minimum atomic E-state index is -0.655. The van der Waals surface area contributed by atoms with Crippen LogP contribution in [0.2, 0.25) is 0 Å². The minimum Gasteiger partial charge on any atom is -0.457 e. The maximum absolute atomic E-state index is 11.4. The van der Waals surface area contributed by atoms with Gasteiger partial charge in [0.25, 0.3) is 0 Å². The summed E-state index contributed by atoms with van der Waals surface area (Å²) in [7, 11) is 0. The van der Waals surface area contributed by atoms with E-state index in [1.165, 1.54) is 12.1 Å². The van der Waals surface area contributed by atoms with Gasteiger partial charge in [0, 0.05) is 5.56 Å². The lowest BCUT2D eigenvalue weighted by molar-refractivity contribution is 0.0443. The molecule has 3 rings (SSSR count). The number of carbonyl (C=O) groups is 2. The van der Waals surface area contributed by atoms with Gasteiger partial charge in [0.05, 0.1) is 11.1 Å². The lowest BCUT2D eigenvalue weighted by atomic mass is 10.1. The van der Waals surface area contributed by atoms with Crippen LogP contribution >= 0.6 is 0 Å². The normalized spacial score (nSPS) is 12.6. The summed E-state index contributed by atoms with van der Waals surface area (Å²) in [5.41, 5.74) is 1.22. The molecule has 0 spiro atoms. The second-order valence-electron chi connectivity index (χ2n) is 4.16. The van der Waals surface area contributed by atoms with Crippen LogP contribution in [-0.2, 0) is 4.74 Å². The van der Waals surface area contributed by atoms with Crippen LogP contribution in [0.3, 0.4) is 0 Å². The number of benzene rings is 2. The quantitative estimate of drug-likeness (QED) is 0.475. The molecule has 0 amide bonds. The Labute approximate surface area is 114 Å². The predicted molar refractivity (Wildman–Crippen MR) is 70.6 cm³/mol. The van der Waals surface area contributed by atoms with Gasteiger partial charge in [0.2, 0.25) is 0 Å². The highest BCUT2D eigenvalue weighted by Crippen LogP contribution is 2.28. The van der Waals surface area contributed by atoms with Crippen LogP contribution in [0, 0.1) is 12.3 Å². The summed E-state index contributed by atoms with van der Waals surface area (Å²) in [6.07, 6.45) is 5.27. The van der Waals surface area contributed by atoms with Crippen LogP contribution in [0.4, 0.5) is 0 Å². The van der Waals surface area contributed by atoms with Crippen molar-refractivity contribution in [3.8, 4) is 23.8 Å². The second-order valence-corrected chi connectivity index (χ2v) is 4.16.